The Bertz CT molecular complexity index is 1460. The van der Waals surface area contributed by atoms with Gasteiger partial charge in [-0.1, -0.05) is 265 Å². The maximum Gasteiger partial charge on any atom is 0.306 e. The van der Waals surface area contributed by atoms with Gasteiger partial charge in [0.15, 0.2) is 6.10 Å². The van der Waals surface area contributed by atoms with Crippen LogP contribution in [0.3, 0.4) is 0 Å². The van der Waals surface area contributed by atoms with Crippen molar-refractivity contribution in [1.82, 2.24) is 0 Å². The van der Waals surface area contributed by atoms with E-state index in [1.807, 2.05) is 6.08 Å². The summed E-state index contributed by atoms with van der Waals surface area (Å²) in [6, 6.07) is 0. The summed E-state index contributed by atoms with van der Waals surface area (Å²) in [4.78, 5) is 38.2. The number of ether oxygens (including phenoxy) is 3. The average molecular weight is 986 g/mol. The van der Waals surface area contributed by atoms with Gasteiger partial charge in [0.1, 0.15) is 13.2 Å². The average Bonchev–Trinajstić information content (AvgIpc) is 3.37. The van der Waals surface area contributed by atoms with E-state index >= 15 is 0 Å². The second-order valence-electron chi connectivity index (χ2n) is 19.1. The third kappa shape index (κ3) is 56.9. The summed E-state index contributed by atoms with van der Waals surface area (Å²) in [5.74, 6) is -0.998. The zero-order valence-corrected chi connectivity index (χ0v) is 46.2. The van der Waals surface area contributed by atoms with Crippen LogP contribution >= 0.6 is 0 Å². The van der Waals surface area contributed by atoms with Gasteiger partial charge in [0.05, 0.1) is 0 Å². The summed E-state index contributed by atoms with van der Waals surface area (Å²) >= 11 is 0. The quantitative estimate of drug-likeness (QED) is 0.0261. The molecule has 0 saturated heterocycles. The highest BCUT2D eigenvalue weighted by Gasteiger charge is 2.19. The molecular weight excluding hydrogens is 877 g/mol. The normalized spacial score (nSPS) is 12.9. The van der Waals surface area contributed by atoms with Crippen LogP contribution in [0.25, 0.3) is 0 Å². The van der Waals surface area contributed by atoms with Crippen LogP contribution in [0.15, 0.2) is 109 Å². The summed E-state index contributed by atoms with van der Waals surface area (Å²) in [6.45, 7) is 6.36. The van der Waals surface area contributed by atoms with Crippen LogP contribution in [0.2, 0.25) is 0 Å². The molecule has 0 saturated carbocycles. The number of allylic oxidation sites excluding steroid dienone is 18. The van der Waals surface area contributed by atoms with Gasteiger partial charge in [-0.15, -0.1) is 0 Å². The van der Waals surface area contributed by atoms with Crippen LogP contribution in [-0.4, -0.2) is 37.2 Å². The fourth-order valence-corrected chi connectivity index (χ4v) is 7.95. The van der Waals surface area contributed by atoms with E-state index in [0.717, 1.165) is 103 Å². The van der Waals surface area contributed by atoms with E-state index in [2.05, 4.69) is 124 Å². The zero-order valence-electron chi connectivity index (χ0n) is 46.2. The minimum atomic E-state index is -0.815. The molecule has 71 heavy (non-hydrogen) atoms. The van der Waals surface area contributed by atoms with Crippen molar-refractivity contribution in [2.45, 2.75) is 271 Å². The van der Waals surface area contributed by atoms with Crippen molar-refractivity contribution in [2.75, 3.05) is 13.2 Å². The Morgan fingerprint density at radius 1 is 0.296 bits per heavy atom. The summed E-state index contributed by atoms with van der Waals surface area (Å²) in [5.41, 5.74) is 0. The molecule has 0 aliphatic carbocycles. The molecule has 0 aliphatic heterocycles. The first-order valence-electron chi connectivity index (χ1n) is 29.4. The van der Waals surface area contributed by atoms with Crippen LogP contribution in [0, 0.1) is 0 Å². The molecule has 0 spiro atoms. The number of hydrogen-bond acceptors (Lipinski definition) is 6. The molecule has 0 rings (SSSR count). The van der Waals surface area contributed by atoms with Gasteiger partial charge in [-0.2, -0.15) is 0 Å². The Labute approximate surface area is 438 Å². The Kier molecular flexibility index (Phi) is 55.4. The van der Waals surface area contributed by atoms with Gasteiger partial charge in [-0.05, 0) is 89.9 Å². The molecule has 0 fully saturated rings. The first-order valence-corrected chi connectivity index (χ1v) is 29.4. The van der Waals surface area contributed by atoms with E-state index in [9.17, 15) is 14.4 Å². The molecule has 404 valence electrons. The molecule has 0 aromatic heterocycles. The topological polar surface area (TPSA) is 78.9 Å². The number of carbonyl (C=O) groups excluding carboxylic acids is 3. The number of rotatable bonds is 52. The number of hydrogen-bond donors (Lipinski definition) is 0. The molecule has 1 unspecified atom stereocenters. The lowest BCUT2D eigenvalue weighted by Gasteiger charge is -2.18. The lowest BCUT2D eigenvalue weighted by molar-refractivity contribution is -0.166. The van der Waals surface area contributed by atoms with Gasteiger partial charge in [0, 0.05) is 19.3 Å². The summed E-state index contributed by atoms with van der Waals surface area (Å²) in [6.07, 6.45) is 79.5. The predicted molar refractivity (Wildman–Crippen MR) is 307 cm³/mol. The Morgan fingerprint density at radius 3 is 0.944 bits per heavy atom. The van der Waals surface area contributed by atoms with Gasteiger partial charge in [0.2, 0.25) is 0 Å². The van der Waals surface area contributed by atoms with E-state index in [-0.39, 0.29) is 37.5 Å². The van der Waals surface area contributed by atoms with Crippen molar-refractivity contribution in [3.05, 3.63) is 109 Å². The highest BCUT2D eigenvalue weighted by atomic mass is 16.6. The third-order valence-corrected chi connectivity index (χ3v) is 12.3. The van der Waals surface area contributed by atoms with E-state index in [4.69, 9.17) is 14.2 Å². The smallest absolute Gasteiger partial charge is 0.306 e. The maximum atomic E-state index is 12.9. The van der Waals surface area contributed by atoms with Crippen LogP contribution in [0.4, 0.5) is 0 Å². The minimum absolute atomic E-state index is 0.105. The first-order chi connectivity index (χ1) is 35.0. The molecule has 1 atom stereocenters. The highest BCUT2D eigenvalue weighted by Crippen LogP contribution is 2.16. The summed E-state index contributed by atoms with van der Waals surface area (Å²) in [5, 5.41) is 0. The van der Waals surface area contributed by atoms with Gasteiger partial charge in [-0.3, -0.25) is 14.4 Å². The van der Waals surface area contributed by atoms with Gasteiger partial charge in [-0.25, -0.2) is 0 Å². The van der Waals surface area contributed by atoms with Crippen molar-refractivity contribution < 1.29 is 28.6 Å². The van der Waals surface area contributed by atoms with Crippen molar-refractivity contribution in [1.29, 1.82) is 0 Å². The van der Waals surface area contributed by atoms with E-state index in [0.29, 0.717) is 19.3 Å². The molecule has 0 aromatic carbocycles. The van der Waals surface area contributed by atoms with Crippen LogP contribution in [-0.2, 0) is 28.6 Å². The number of unbranched alkanes of at least 4 members (excludes halogenated alkanes) is 23. The third-order valence-electron chi connectivity index (χ3n) is 12.3. The highest BCUT2D eigenvalue weighted by molar-refractivity contribution is 5.71. The van der Waals surface area contributed by atoms with E-state index in [1.165, 1.54) is 116 Å². The molecule has 0 amide bonds. The van der Waals surface area contributed by atoms with Gasteiger partial charge >= 0.3 is 17.9 Å². The Balaban J connectivity index is 4.50. The Hall–Kier alpha value is -3.93. The van der Waals surface area contributed by atoms with Gasteiger partial charge in [0.25, 0.3) is 0 Å². The first kappa shape index (κ1) is 67.1. The van der Waals surface area contributed by atoms with Crippen LogP contribution in [0.5, 0.6) is 0 Å². The van der Waals surface area contributed by atoms with Crippen LogP contribution in [0.1, 0.15) is 265 Å². The molecule has 6 heteroatoms. The van der Waals surface area contributed by atoms with E-state index < -0.39 is 6.10 Å². The molecule has 0 bridgehead atoms. The van der Waals surface area contributed by atoms with Gasteiger partial charge < -0.3 is 14.2 Å². The lowest BCUT2D eigenvalue weighted by Crippen LogP contribution is -2.30. The molecule has 0 N–H and O–H groups in total. The molecular formula is C65H108O6. The summed E-state index contributed by atoms with van der Waals surface area (Å²) in [7, 11) is 0. The standard InChI is InChI=1S/C65H108O6/c1-4-7-10-13-16-19-22-25-28-31-32-35-37-40-43-46-49-52-55-58-64(67)70-61-62(71-65(68)59-56-53-50-47-44-41-38-34-30-27-24-21-18-15-12-9-6-3)60-69-63(66)57-54-51-48-45-42-39-36-33-29-26-23-20-17-14-11-8-5-2/h7,9-10,12,16,18-19,21,25,27-28,30,32,35,40,43,49,52,62H,4-6,8,11,13-15,17,20,22-24,26,29,31,33-34,36-39,41-42,44-48,50-51,53-61H2,1-3H3/b10-7-,12-9-,19-16-,21-18-,28-25-,30-27-,35-32-,43-40-,52-49-. The molecule has 0 aliphatic rings. The molecule has 0 radical (unpaired) electrons. The fraction of sp³-hybridized carbons (Fsp3) is 0.677. The van der Waals surface area contributed by atoms with Crippen molar-refractivity contribution >= 4 is 17.9 Å². The Morgan fingerprint density at radius 2 is 0.577 bits per heavy atom. The zero-order chi connectivity index (χ0) is 51.4. The maximum absolute atomic E-state index is 12.9. The second kappa shape index (κ2) is 58.6. The van der Waals surface area contributed by atoms with Crippen molar-refractivity contribution in [3.63, 3.8) is 0 Å². The van der Waals surface area contributed by atoms with Crippen molar-refractivity contribution in [2.24, 2.45) is 0 Å². The predicted octanol–water partition coefficient (Wildman–Crippen LogP) is 19.9. The fourth-order valence-electron chi connectivity index (χ4n) is 7.95. The van der Waals surface area contributed by atoms with Crippen LogP contribution < -0.4 is 0 Å². The molecule has 0 aromatic rings. The van der Waals surface area contributed by atoms with E-state index in [1.54, 1.807) is 0 Å². The number of carbonyl (C=O) groups is 3. The largest absolute Gasteiger partial charge is 0.462 e. The molecule has 0 heterocycles. The summed E-state index contributed by atoms with van der Waals surface area (Å²) < 4.78 is 16.8. The monoisotopic (exact) mass is 985 g/mol. The molecule has 6 nitrogen and oxygen atoms in total. The lowest BCUT2D eigenvalue weighted by atomic mass is 10.0. The second-order valence-corrected chi connectivity index (χ2v) is 19.1. The SMILES string of the molecule is CC/C=C\C/C=C\C/C=C\C/C=C\C/C=C\C/C=C\CCC(=O)OCC(COC(=O)CCCCCCCCCCCCCCCCCCC)OC(=O)CCCCCCCCC/C=C\C/C=C\C/C=C\CC. The van der Waals surface area contributed by atoms with Crippen molar-refractivity contribution in [3.8, 4) is 0 Å². The number of esters is 3. The minimum Gasteiger partial charge on any atom is -0.462 e.